The lowest BCUT2D eigenvalue weighted by molar-refractivity contribution is -0.137. The Balaban J connectivity index is 2.12. The van der Waals surface area contributed by atoms with Gasteiger partial charge in [-0.1, -0.05) is 19.1 Å². The molecule has 1 atom stereocenters. The summed E-state index contributed by atoms with van der Waals surface area (Å²) in [7, 11) is -3.50. The number of benzene rings is 1. The lowest BCUT2D eigenvalue weighted by Crippen LogP contribution is -2.34. The van der Waals surface area contributed by atoms with Crippen LogP contribution in [0.4, 0.5) is 5.00 Å². The van der Waals surface area contributed by atoms with Crippen molar-refractivity contribution in [1.82, 2.24) is 5.32 Å². The lowest BCUT2D eigenvalue weighted by atomic mass is 9.98. The van der Waals surface area contributed by atoms with Crippen molar-refractivity contribution in [3.05, 3.63) is 35.5 Å². The van der Waals surface area contributed by atoms with E-state index in [1.165, 1.54) is 19.2 Å². The summed E-state index contributed by atoms with van der Waals surface area (Å²) < 4.78 is 26.3. The molecule has 1 aromatic carbocycles. The number of aliphatic hydroxyl groups excluding tert-OH is 1. The molecule has 27 heavy (non-hydrogen) atoms. The van der Waals surface area contributed by atoms with Gasteiger partial charge >= 0.3 is 5.97 Å². The van der Waals surface area contributed by atoms with Crippen molar-refractivity contribution in [2.24, 2.45) is 0 Å². The van der Waals surface area contributed by atoms with Gasteiger partial charge in [-0.05, 0) is 6.07 Å². The van der Waals surface area contributed by atoms with Crippen molar-refractivity contribution < 1.29 is 28.2 Å². The van der Waals surface area contributed by atoms with Crippen LogP contribution in [0.25, 0.3) is 10.1 Å². The molecule has 0 aliphatic carbocycles. The molecule has 0 saturated heterocycles. The summed E-state index contributed by atoms with van der Waals surface area (Å²) in [5.41, 5.74) is 0.170. The minimum absolute atomic E-state index is 0.0804. The number of nitrogens with zero attached hydrogens (tertiary/aromatic N) is 1. The first-order valence-corrected chi connectivity index (χ1v) is 10.6. The van der Waals surface area contributed by atoms with E-state index in [4.69, 9.17) is 16.9 Å². The zero-order valence-electron chi connectivity index (χ0n) is 14.0. The monoisotopic (exact) mass is 430 g/mol. The number of anilines is 1. The highest BCUT2D eigenvalue weighted by Crippen LogP contribution is 2.49. The molecule has 1 aromatic heterocycles. The molecule has 2 aromatic rings. The second kappa shape index (κ2) is 7.12. The van der Waals surface area contributed by atoms with Crippen LogP contribution in [-0.4, -0.2) is 42.8 Å². The number of nitrogens with one attached hydrogen (secondary N) is 1. The standard InChI is InChI=1S/C16H15ClN2O6S2/c1-2-27(24,25)10-5-3-4-8-12-13(22)9(15(23)18-6-11(20)21)7-19(17)16(12)26-14(8)10/h3-5,7,13,22H,2,6H2,1H3,(H,18,23)(H,20,21). The molecule has 0 bridgehead atoms. The van der Waals surface area contributed by atoms with Crippen molar-refractivity contribution in [2.45, 2.75) is 17.9 Å². The topological polar surface area (TPSA) is 124 Å². The van der Waals surface area contributed by atoms with E-state index < -0.39 is 34.4 Å². The largest absolute Gasteiger partial charge is 0.480 e. The fourth-order valence-electron chi connectivity index (χ4n) is 2.77. The minimum Gasteiger partial charge on any atom is -0.480 e. The summed E-state index contributed by atoms with van der Waals surface area (Å²) in [6.07, 6.45) is -0.188. The molecule has 1 unspecified atom stereocenters. The second-order valence-corrected chi connectivity index (χ2v) is 9.34. The number of carbonyl (C=O) groups excluding carboxylic acids is 1. The van der Waals surface area contributed by atoms with Crippen molar-refractivity contribution in [3.8, 4) is 0 Å². The number of sulfone groups is 1. The quantitative estimate of drug-likeness (QED) is 0.617. The molecule has 0 fully saturated rings. The summed E-state index contributed by atoms with van der Waals surface area (Å²) in [6.45, 7) is 0.929. The molecule has 3 rings (SSSR count). The molecule has 11 heteroatoms. The Morgan fingerprint density at radius 3 is 2.70 bits per heavy atom. The van der Waals surface area contributed by atoms with E-state index in [0.717, 1.165) is 15.8 Å². The maximum Gasteiger partial charge on any atom is 0.322 e. The average molecular weight is 431 g/mol. The minimum atomic E-state index is -3.50. The number of carboxylic acids is 1. The number of amides is 1. The number of hydrogen-bond acceptors (Lipinski definition) is 7. The highest BCUT2D eigenvalue weighted by atomic mass is 35.5. The Labute approximate surface area is 163 Å². The van der Waals surface area contributed by atoms with E-state index >= 15 is 0 Å². The van der Waals surface area contributed by atoms with E-state index in [1.54, 1.807) is 12.1 Å². The number of carboxylic acid groups (broad SMARTS) is 1. The third-order valence-corrected chi connectivity index (χ3v) is 7.61. The number of rotatable bonds is 5. The number of aliphatic carboxylic acids is 1. The Morgan fingerprint density at radius 2 is 2.07 bits per heavy atom. The van der Waals surface area contributed by atoms with Crippen LogP contribution in [-0.2, 0) is 19.4 Å². The van der Waals surface area contributed by atoms with E-state index in [2.05, 4.69) is 5.32 Å². The van der Waals surface area contributed by atoms with Crippen molar-refractivity contribution in [2.75, 3.05) is 16.7 Å². The molecule has 1 aliphatic heterocycles. The number of thiophene rings is 1. The van der Waals surface area contributed by atoms with Crippen LogP contribution in [0, 0.1) is 0 Å². The highest BCUT2D eigenvalue weighted by Gasteiger charge is 2.34. The third-order valence-electron chi connectivity index (χ3n) is 4.09. The Bertz CT molecular complexity index is 1080. The van der Waals surface area contributed by atoms with Gasteiger partial charge in [0.25, 0.3) is 5.91 Å². The van der Waals surface area contributed by atoms with Crippen LogP contribution < -0.4 is 9.74 Å². The fraction of sp³-hybridized carbons (Fsp3) is 0.250. The van der Waals surface area contributed by atoms with Gasteiger partial charge in [-0.15, -0.1) is 11.3 Å². The molecule has 3 N–H and O–H groups in total. The van der Waals surface area contributed by atoms with Crippen molar-refractivity contribution >= 4 is 59.9 Å². The predicted octanol–water partition coefficient (Wildman–Crippen LogP) is 1.79. The first-order chi connectivity index (χ1) is 12.7. The molecule has 1 amide bonds. The van der Waals surface area contributed by atoms with Gasteiger partial charge in [0, 0.05) is 28.9 Å². The molecule has 8 nitrogen and oxygen atoms in total. The summed E-state index contributed by atoms with van der Waals surface area (Å²) in [4.78, 5) is 23.0. The van der Waals surface area contributed by atoms with E-state index in [9.17, 15) is 23.1 Å². The highest BCUT2D eigenvalue weighted by molar-refractivity contribution is 7.91. The number of carbonyl (C=O) groups is 2. The van der Waals surface area contributed by atoms with Crippen molar-refractivity contribution in [1.29, 1.82) is 0 Å². The molecule has 144 valence electrons. The number of hydrogen-bond donors (Lipinski definition) is 3. The second-order valence-electron chi connectivity index (χ2n) is 5.73. The van der Waals surface area contributed by atoms with Gasteiger partial charge < -0.3 is 15.5 Å². The number of halogens is 1. The maximum absolute atomic E-state index is 12.4. The van der Waals surface area contributed by atoms with Crippen LogP contribution >= 0.6 is 23.1 Å². The zero-order valence-corrected chi connectivity index (χ0v) is 16.4. The van der Waals surface area contributed by atoms with Crippen molar-refractivity contribution in [3.63, 3.8) is 0 Å². The molecule has 2 heterocycles. The average Bonchev–Trinajstić information content (AvgIpc) is 3.02. The van der Waals surface area contributed by atoms with Gasteiger partial charge in [-0.3, -0.25) is 14.0 Å². The Morgan fingerprint density at radius 1 is 1.37 bits per heavy atom. The van der Waals surface area contributed by atoms with E-state index in [1.807, 2.05) is 0 Å². The van der Waals surface area contributed by atoms with E-state index in [0.29, 0.717) is 20.7 Å². The Kier molecular flexibility index (Phi) is 5.17. The molecule has 0 saturated carbocycles. The fourth-order valence-corrected chi connectivity index (χ4v) is 5.69. The molecule has 1 aliphatic rings. The van der Waals surface area contributed by atoms with Crippen LogP contribution in [0.3, 0.4) is 0 Å². The number of aliphatic hydroxyl groups is 1. The molecular formula is C16H15ClN2O6S2. The van der Waals surface area contributed by atoms with Gasteiger partial charge in [0.2, 0.25) is 0 Å². The first kappa shape index (κ1) is 19.6. The van der Waals surface area contributed by atoms with Gasteiger partial charge in [0.1, 0.15) is 17.6 Å². The van der Waals surface area contributed by atoms with Crippen LogP contribution in [0.1, 0.15) is 18.6 Å². The Hall–Kier alpha value is -2.14. The first-order valence-electron chi connectivity index (χ1n) is 7.80. The summed E-state index contributed by atoms with van der Waals surface area (Å²) in [6, 6.07) is 4.69. The lowest BCUT2D eigenvalue weighted by Gasteiger charge is -2.24. The zero-order chi connectivity index (χ0) is 19.9. The summed E-state index contributed by atoms with van der Waals surface area (Å²) in [5, 5.41) is 22.4. The normalized spacial score (nSPS) is 16.8. The number of fused-ring (bicyclic) bond motifs is 3. The maximum atomic E-state index is 12.4. The molecule has 0 spiro atoms. The summed E-state index contributed by atoms with van der Waals surface area (Å²) >= 11 is 7.29. The molecule has 0 radical (unpaired) electrons. The SMILES string of the molecule is CCS(=O)(=O)c1cccc2c3c(sc12)N(Cl)C=C(C(=O)NCC(=O)O)C3O. The van der Waals surface area contributed by atoms with Crippen LogP contribution in [0.5, 0.6) is 0 Å². The van der Waals surface area contributed by atoms with Gasteiger partial charge in [-0.25, -0.2) is 8.42 Å². The van der Waals surface area contributed by atoms with Gasteiger partial charge in [-0.2, -0.15) is 0 Å². The van der Waals surface area contributed by atoms with E-state index in [-0.39, 0.29) is 16.2 Å². The van der Waals surface area contributed by atoms with Gasteiger partial charge in [0.05, 0.1) is 20.9 Å². The predicted molar refractivity (Wildman–Crippen MR) is 102 cm³/mol. The molecular weight excluding hydrogens is 416 g/mol. The third kappa shape index (κ3) is 3.41. The van der Waals surface area contributed by atoms with Crippen LogP contribution in [0.15, 0.2) is 34.9 Å². The van der Waals surface area contributed by atoms with Gasteiger partial charge in [0.15, 0.2) is 9.84 Å². The smallest absolute Gasteiger partial charge is 0.322 e. The van der Waals surface area contributed by atoms with Crippen LogP contribution in [0.2, 0.25) is 0 Å². The summed E-state index contributed by atoms with van der Waals surface area (Å²) in [5.74, 6) is -2.09.